The van der Waals surface area contributed by atoms with Gasteiger partial charge in [0.2, 0.25) is 5.91 Å². The molecule has 0 unspecified atom stereocenters. The van der Waals surface area contributed by atoms with Crippen LogP contribution in [-0.4, -0.2) is 24.7 Å². The minimum absolute atomic E-state index is 0.00119. The molecule has 1 fully saturated rings. The van der Waals surface area contributed by atoms with Gasteiger partial charge in [-0.1, -0.05) is 24.3 Å². The van der Waals surface area contributed by atoms with E-state index in [0.29, 0.717) is 5.56 Å². The van der Waals surface area contributed by atoms with Gasteiger partial charge >= 0.3 is 0 Å². The summed E-state index contributed by atoms with van der Waals surface area (Å²) in [5.41, 5.74) is 0.944. The van der Waals surface area contributed by atoms with E-state index in [1.165, 1.54) is 6.07 Å². The van der Waals surface area contributed by atoms with Crippen molar-refractivity contribution in [3.05, 3.63) is 40.7 Å². The number of alkyl halides is 1. The van der Waals surface area contributed by atoms with Crippen LogP contribution in [0.5, 0.6) is 0 Å². The van der Waals surface area contributed by atoms with Crippen LogP contribution >= 0.6 is 11.6 Å². The van der Waals surface area contributed by atoms with Crippen molar-refractivity contribution in [2.24, 2.45) is 0 Å². The zero-order chi connectivity index (χ0) is 14.7. The fraction of sp³-hybridized carbons (Fsp3) is 0.357. The lowest BCUT2D eigenvalue weighted by Gasteiger charge is -2.12. The van der Waals surface area contributed by atoms with Crippen LogP contribution in [0.4, 0.5) is 8.78 Å². The van der Waals surface area contributed by atoms with E-state index in [1.807, 2.05) is 0 Å². The van der Waals surface area contributed by atoms with Crippen molar-refractivity contribution in [3.63, 3.8) is 0 Å². The Morgan fingerprint density at radius 2 is 2.35 bits per heavy atom. The molecule has 2 N–H and O–H groups in total. The number of rotatable bonds is 4. The molecule has 108 valence electrons. The lowest BCUT2D eigenvalue weighted by Crippen LogP contribution is -2.40. The topological polar surface area (TPSA) is 41.1 Å². The van der Waals surface area contributed by atoms with Crippen molar-refractivity contribution in [1.29, 1.82) is 0 Å². The molecule has 0 aromatic heterocycles. The lowest BCUT2D eigenvalue weighted by atomic mass is 10.1. The Bertz CT molecular complexity index is 536. The fourth-order valence-electron chi connectivity index (χ4n) is 2.11. The Kier molecular flexibility index (Phi) is 4.73. The number of halogens is 3. The molecule has 1 aliphatic heterocycles. The van der Waals surface area contributed by atoms with Crippen molar-refractivity contribution in [1.82, 2.24) is 10.6 Å². The Balaban J connectivity index is 2.02. The summed E-state index contributed by atoms with van der Waals surface area (Å²) in [5.74, 6) is -0.912. The summed E-state index contributed by atoms with van der Waals surface area (Å²) in [7, 11) is 0. The second-order valence-corrected chi connectivity index (χ2v) is 5.10. The lowest BCUT2D eigenvalue weighted by molar-refractivity contribution is -0.123. The van der Waals surface area contributed by atoms with Crippen molar-refractivity contribution in [3.8, 4) is 0 Å². The number of carbonyl (C=O) groups is 1. The summed E-state index contributed by atoms with van der Waals surface area (Å²) in [6.07, 6.45) is 0.672. The van der Waals surface area contributed by atoms with Crippen LogP contribution in [0.15, 0.2) is 18.7 Å². The van der Waals surface area contributed by atoms with E-state index in [0.717, 1.165) is 0 Å². The first-order valence-electron chi connectivity index (χ1n) is 6.26. The Morgan fingerprint density at radius 1 is 1.60 bits per heavy atom. The van der Waals surface area contributed by atoms with Gasteiger partial charge < -0.3 is 10.6 Å². The van der Waals surface area contributed by atoms with Gasteiger partial charge in [-0.2, -0.15) is 0 Å². The summed E-state index contributed by atoms with van der Waals surface area (Å²) < 4.78 is 26.8. The van der Waals surface area contributed by atoms with Crippen LogP contribution in [0.2, 0.25) is 5.02 Å². The molecule has 1 aromatic rings. The third-order valence-corrected chi connectivity index (χ3v) is 3.48. The highest BCUT2D eigenvalue weighted by atomic mass is 35.5. The van der Waals surface area contributed by atoms with Gasteiger partial charge in [-0.05, 0) is 17.7 Å². The molecular weight excluding hydrogens is 286 g/mol. The van der Waals surface area contributed by atoms with Gasteiger partial charge in [0.25, 0.3) is 0 Å². The number of hydrogen-bond donors (Lipinski definition) is 2. The molecule has 20 heavy (non-hydrogen) atoms. The van der Waals surface area contributed by atoms with Gasteiger partial charge in [0.05, 0.1) is 11.1 Å². The van der Waals surface area contributed by atoms with E-state index in [9.17, 15) is 13.6 Å². The molecule has 1 saturated heterocycles. The van der Waals surface area contributed by atoms with E-state index >= 15 is 0 Å². The monoisotopic (exact) mass is 300 g/mol. The molecule has 0 saturated carbocycles. The highest BCUT2D eigenvalue weighted by molar-refractivity contribution is 6.31. The largest absolute Gasteiger partial charge is 0.351 e. The third kappa shape index (κ3) is 3.35. The van der Waals surface area contributed by atoms with E-state index in [4.69, 9.17) is 11.6 Å². The van der Waals surface area contributed by atoms with E-state index < -0.39 is 18.0 Å². The molecule has 0 aliphatic carbocycles. The second kappa shape index (κ2) is 6.33. The molecule has 0 spiro atoms. The zero-order valence-electron chi connectivity index (χ0n) is 10.8. The molecule has 1 aliphatic rings. The number of carbonyl (C=O) groups excluding carboxylic acids is 1. The van der Waals surface area contributed by atoms with E-state index in [-0.39, 0.29) is 36.0 Å². The minimum atomic E-state index is -1.01. The minimum Gasteiger partial charge on any atom is -0.351 e. The first-order chi connectivity index (χ1) is 9.51. The van der Waals surface area contributed by atoms with E-state index in [1.54, 1.807) is 12.1 Å². The second-order valence-electron chi connectivity index (χ2n) is 4.69. The highest BCUT2D eigenvalue weighted by Crippen LogP contribution is 2.21. The summed E-state index contributed by atoms with van der Waals surface area (Å²) in [6, 6.07) is 2.46. The third-order valence-electron chi connectivity index (χ3n) is 3.21. The number of hydrogen-bond acceptors (Lipinski definition) is 2. The van der Waals surface area contributed by atoms with Gasteiger partial charge in [0, 0.05) is 25.1 Å². The van der Waals surface area contributed by atoms with Crippen LogP contribution in [0.3, 0.4) is 0 Å². The maximum absolute atomic E-state index is 13.8. The van der Waals surface area contributed by atoms with Crippen LogP contribution in [0.1, 0.15) is 17.5 Å². The quantitative estimate of drug-likeness (QED) is 0.897. The smallest absolute Gasteiger partial charge is 0.237 e. The molecule has 3 nitrogen and oxygen atoms in total. The standard InChI is InChI=1S/C14H15ClF2N2O/c1-2-8-3-9(13(17)11(15)4-8)6-19-14(20)12-5-10(16)7-18-12/h2-4,10,12,18H,1,5-7H2,(H,19,20)/t10-,12+/m0/s1. The maximum Gasteiger partial charge on any atom is 0.237 e. The van der Waals surface area contributed by atoms with Crippen molar-refractivity contribution in [2.45, 2.75) is 25.2 Å². The molecule has 0 radical (unpaired) electrons. The van der Waals surface area contributed by atoms with Crippen LogP contribution in [0, 0.1) is 5.82 Å². The average Bonchev–Trinajstić information content (AvgIpc) is 2.86. The van der Waals surface area contributed by atoms with Crippen LogP contribution < -0.4 is 10.6 Å². The Labute approximate surface area is 121 Å². The van der Waals surface area contributed by atoms with E-state index in [2.05, 4.69) is 17.2 Å². The molecule has 2 atom stereocenters. The molecular formula is C14H15ClF2N2O. The van der Waals surface area contributed by atoms with Gasteiger partial charge in [-0.25, -0.2) is 8.78 Å². The van der Waals surface area contributed by atoms with Gasteiger partial charge in [-0.15, -0.1) is 0 Å². The summed E-state index contributed by atoms with van der Waals surface area (Å²) in [6.45, 7) is 3.76. The first-order valence-corrected chi connectivity index (χ1v) is 6.64. The molecule has 1 heterocycles. The summed E-state index contributed by atoms with van der Waals surface area (Å²) >= 11 is 5.76. The fourth-order valence-corrected chi connectivity index (χ4v) is 2.36. The van der Waals surface area contributed by atoms with Crippen molar-refractivity contribution >= 4 is 23.6 Å². The van der Waals surface area contributed by atoms with Crippen molar-refractivity contribution < 1.29 is 13.6 Å². The summed E-state index contributed by atoms with van der Waals surface area (Å²) in [4.78, 5) is 11.8. The van der Waals surface area contributed by atoms with Crippen molar-refractivity contribution in [2.75, 3.05) is 6.54 Å². The molecule has 1 amide bonds. The number of benzene rings is 1. The van der Waals surface area contributed by atoms with Gasteiger partial charge in [-0.3, -0.25) is 4.79 Å². The summed E-state index contributed by atoms with van der Waals surface area (Å²) in [5, 5.41) is 5.33. The predicted octanol–water partition coefficient (Wildman–Crippen LogP) is 2.44. The predicted molar refractivity (Wildman–Crippen MR) is 74.7 cm³/mol. The average molecular weight is 301 g/mol. The normalized spacial score (nSPS) is 21.8. The Morgan fingerprint density at radius 3 is 2.95 bits per heavy atom. The SMILES string of the molecule is C=Cc1cc(Cl)c(F)c(CNC(=O)[C@H]2C[C@H](F)CN2)c1. The van der Waals surface area contributed by atoms with Gasteiger partial charge in [0.1, 0.15) is 12.0 Å². The number of nitrogens with one attached hydrogen (secondary N) is 2. The first kappa shape index (κ1) is 14.9. The molecule has 2 rings (SSSR count). The van der Waals surface area contributed by atoms with Gasteiger partial charge in [0.15, 0.2) is 0 Å². The molecule has 6 heteroatoms. The zero-order valence-corrected chi connectivity index (χ0v) is 11.5. The Hall–Kier alpha value is -1.46. The highest BCUT2D eigenvalue weighted by Gasteiger charge is 2.29. The number of amides is 1. The van der Waals surface area contributed by atoms with Crippen LogP contribution in [0.25, 0.3) is 6.08 Å². The molecule has 1 aromatic carbocycles. The molecule has 0 bridgehead atoms. The van der Waals surface area contributed by atoms with Crippen LogP contribution in [-0.2, 0) is 11.3 Å². The maximum atomic E-state index is 13.8.